The predicted molar refractivity (Wildman–Crippen MR) is 105 cm³/mol. The number of nitrogens with zero attached hydrogens (tertiary/aromatic N) is 2. The quantitative estimate of drug-likeness (QED) is 0.724. The molecule has 150 valence electrons. The topological polar surface area (TPSA) is 90.0 Å². The average molecular weight is 405 g/mol. The molecule has 0 atom stereocenters. The molecule has 1 fully saturated rings. The number of nitrogens with one attached hydrogen (secondary N) is 1. The second-order valence-electron chi connectivity index (χ2n) is 6.26. The smallest absolute Gasteiger partial charge is 0.228 e. The van der Waals surface area contributed by atoms with Gasteiger partial charge in [-0.25, -0.2) is 4.98 Å². The van der Waals surface area contributed by atoms with Gasteiger partial charge in [0, 0.05) is 24.9 Å². The molecule has 3 rings (SSSR count). The highest BCUT2D eigenvalue weighted by Crippen LogP contribution is 2.38. The van der Waals surface area contributed by atoms with Gasteiger partial charge in [-0.2, -0.15) is 0 Å². The fraction of sp³-hybridized carbons (Fsp3) is 0.421. The van der Waals surface area contributed by atoms with E-state index in [1.54, 1.807) is 38.4 Å². The summed E-state index contributed by atoms with van der Waals surface area (Å²) in [4.78, 5) is 30.2. The Hall–Kier alpha value is -2.81. The molecule has 1 aromatic carbocycles. The van der Waals surface area contributed by atoms with Crippen molar-refractivity contribution in [1.29, 1.82) is 0 Å². The van der Waals surface area contributed by atoms with E-state index in [1.807, 2.05) is 5.38 Å². The van der Waals surface area contributed by atoms with Crippen LogP contribution >= 0.6 is 11.3 Å². The van der Waals surface area contributed by atoms with Crippen LogP contribution in [0.1, 0.15) is 24.1 Å². The van der Waals surface area contributed by atoms with E-state index in [0.717, 1.165) is 12.0 Å². The van der Waals surface area contributed by atoms with Crippen LogP contribution in [-0.2, 0) is 22.6 Å². The number of carbonyl (C=O) groups is 2. The molecule has 2 aromatic rings. The maximum absolute atomic E-state index is 12.3. The molecule has 1 saturated heterocycles. The maximum atomic E-state index is 12.3. The zero-order valence-corrected chi connectivity index (χ0v) is 16.9. The van der Waals surface area contributed by atoms with Gasteiger partial charge in [0.1, 0.15) is 0 Å². The molecule has 0 bridgehead atoms. The summed E-state index contributed by atoms with van der Waals surface area (Å²) < 4.78 is 15.9. The van der Waals surface area contributed by atoms with Gasteiger partial charge in [-0.3, -0.25) is 14.5 Å². The van der Waals surface area contributed by atoms with Crippen LogP contribution in [0.15, 0.2) is 17.5 Å². The molecule has 1 N–H and O–H groups in total. The SMILES string of the molecule is COc1cc(CNC(=O)Cc2csc(N3CCCC3=O)n2)cc(OC)c1OC. The maximum Gasteiger partial charge on any atom is 0.228 e. The van der Waals surface area contributed by atoms with Crippen molar-refractivity contribution in [3.8, 4) is 17.2 Å². The second kappa shape index (κ2) is 8.92. The first-order valence-corrected chi connectivity index (χ1v) is 9.74. The summed E-state index contributed by atoms with van der Waals surface area (Å²) in [6, 6.07) is 3.59. The summed E-state index contributed by atoms with van der Waals surface area (Å²) in [6.07, 6.45) is 1.57. The van der Waals surface area contributed by atoms with Crippen LogP contribution in [0.25, 0.3) is 0 Å². The number of methoxy groups -OCH3 is 3. The molecule has 2 heterocycles. The van der Waals surface area contributed by atoms with Gasteiger partial charge in [-0.15, -0.1) is 11.3 Å². The Morgan fingerprint density at radius 2 is 1.93 bits per heavy atom. The second-order valence-corrected chi connectivity index (χ2v) is 7.09. The van der Waals surface area contributed by atoms with Crippen molar-refractivity contribution >= 4 is 28.3 Å². The Balaban J connectivity index is 1.60. The van der Waals surface area contributed by atoms with Gasteiger partial charge in [0.15, 0.2) is 16.6 Å². The van der Waals surface area contributed by atoms with Crippen LogP contribution in [-0.4, -0.2) is 44.7 Å². The number of carbonyl (C=O) groups excluding carboxylic acids is 2. The number of ether oxygens (including phenoxy) is 3. The first-order chi connectivity index (χ1) is 13.5. The fourth-order valence-corrected chi connectivity index (χ4v) is 3.88. The van der Waals surface area contributed by atoms with Crippen molar-refractivity contribution in [2.24, 2.45) is 0 Å². The van der Waals surface area contributed by atoms with Crippen molar-refractivity contribution in [3.05, 3.63) is 28.8 Å². The molecule has 0 unspecified atom stereocenters. The van der Waals surface area contributed by atoms with E-state index in [-0.39, 0.29) is 18.2 Å². The highest BCUT2D eigenvalue weighted by atomic mass is 32.1. The average Bonchev–Trinajstić information content (AvgIpc) is 3.33. The molecule has 0 spiro atoms. The lowest BCUT2D eigenvalue weighted by Gasteiger charge is -2.14. The molecule has 9 heteroatoms. The van der Waals surface area contributed by atoms with Gasteiger partial charge in [-0.05, 0) is 24.1 Å². The summed E-state index contributed by atoms with van der Waals surface area (Å²) in [6.45, 7) is 1.01. The zero-order chi connectivity index (χ0) is 20.1. The van der Waals surface area contributed by atoms with Gasteiger partial charge in [0.2, 0.25) is 17.6 Å². The number of rotatable bonds is 8. The summed E-state index contributed by atoms with van der Waals surface area (Å²) in [5.41, 5.74) is 1.48. The van der Waals surface area contributed by atoms with Gasteiger partial charge in [-0.1, -0.05) is 0 Å². The lowest BCUT2D eigenvalue weighted by atomic mass is 10.1. The number of anilines is 1. The van der Waals surface area contributed by atoms with Crippen LogP contribution in [0.4, 0.5) is 5.13 Å². The highest BCUT2D eigenvalue weighted by Gasteiger charge is 2.24. The van der Waals surface area contributed by atoms with Crippen molar-refractivity contribution in [2.45, 2.75) is 25.8 Å². The Kier molecular flexibility index (Phi) is 6.35. The predicted octanol–water partition coefficient (Wildman–Crippen LogP) is 2.15. The monoisotopic (exact) mass is 405 g/mol. The molecular formula is C19H23N3O5S. The largest absolute Gasteiger partial charge is 0.493 e. The fourth-order valence-electron chi connectivity index (χ4n) is 3.02. The molecule has 0 aliphatic carbocycles. The van der Waals surface area contributed by atoms with E-state index >= 15 is 0 Å². The number of aromatic nitrogens is 1. The van der Waals surface area contributed by atoms with E-state index in [1.165, 1.54) is 11.3 Å². The van der Waals surface area contributed by atoms with Crippen molar-refractivity contribution in [3.63, 3.8) is 0 Å². The molecule has 28 heavy (non-hydrogen) atoms. The lowest BCUT2D eigenvalue weighted by molar-refractivity contribution is -0.120. The molecule has 1 aliphatic heterocycles. The molecule has 0 saturated carbocycles. The van der Waals surface area contributed by atoms with Gasteiger partial charge in [0.25, 0.3) is 0 Å². The molecule has 1 aliphatic rings. The normalized spacial score (nSPS) is 13.5. The summed E-state index contributed by atoms with van der Waals surface area (Å²) in [7, 11) is 4.63. The number of hydrogen-bond donors (Lipinski definition) is 1. The first-order valence-electron chi connectivity index (χ1n) is 8.86. The minimum absolute atomic E-state index is 0.0905. The molecule has 2 amide bonds. The third-order valence-electron chi connectivity index (χ3n) is 4.40. The van der Waals surface area contributed by atoms with Crippen LogP contribution in [0.5, 0.6) is 17.2 Å². The van der Waals surface area contributed by atoms with Crippen LogP contribution in [0.2, 0.25) is 0 Å². The van der Waals surface area contributed by atoms with E-state index in [0.29, 0.717) is 47.6 Å². The Bertz CT molecular complexity index is 842. The lowest BCUT2D eigenvalue weighted by Crippen LogP contribution is -2.25. The van der Waals surface area contributed by atoms with Crippen molar-refractivity contribution in [1.82, 2.24) is 10.3 Å². The Morgan fingerprint density at radius 3 is 2.50 bits per heavy atom. The highest BCUT2D eigenvalue weighted by molar-refractivity contribution is 7.14. The molecule has 0 radical (unpaired) electrons. The number of benzene rings is 1. The van der Waals surface area contributed by atoms with Gasteiger partial charge >= 0.3 is 0 Å². The van der Waals surface area contributed by atoms with Crippen LogP contribution in [0, 0.1) is 0 Å². The third-order valence-corrected chi connectivity index (χ3v) is 5.31. The number of amides is 2. The summed E-state index contributed by atoms with van der Waals surface area (Å²) >= 11 is 1.39. The minimum atomic E-state index is -0.154. The number of hydrogen-bond acceptors (Lipinski definition) is 7. The Morgan fingerprint density at radius 1 is 1.21 bits per heavy atom. The number of thiazole rings is 1. The van der Waals surface area contributed by atoms with Crippen molar-refractivity contribution in [2.75, 3.05) is 32.8 Å². The van der Waals surface area contributed by atoms with Gasteiger partial charge in [0.05, 0.1) is 33.4 Å². The summed E-state index contributed by atoms with van der Waals surface area (Å²) in [5, 5.41) is 5.35. The zero-order valence-electron chi connectivity index (χ0n) is 16.1. The van der Waals surface area contributed by atoms with Crippen LogP contribution < -0.4 is 24.4 Å². The van der Waals surface area contributed by atoms with Gasteiger partial charge < -0.3 is 19.5 Å². The first kappa shape index (κ1) is 19.9. The van der Waals surface area contributed by atoms with E-state index < -0.39 is 0 Å². The standard InChI is InChI=1S/C19H23N3O5S/c1-25-14-7-12(8-15(26-2)18(14)27-3)10-20-16(23)9-13-11-28-19(21-13)22-6-4-5-17(22)24/h7-8,11H,4-6,9-10H2,1-3H3,(H,20,23). The van der Waals surface area contributed by atoms with E-state index in [2.05, 4.69) is 10.3 Å². The third kappa shape index (κ3) is 4.36. The molecular weight excluding hydrogens is 382 g/mol. The molecule has 1 aromatic heterocycles. The van der Waals surface area contributed by atoms with E-state index in [9.17, 15) is 9.59 Å². The van der Waals surface area contributed by atoms with E-state index in [4.69, 9.17) is 14.2 Å². The van der Waals surface area contributed by atoms with Crippen LogP contribution in [0.3, 0.4) is 0 Å². The molecule has 8 nitrogen and oxygen atoms in total. The Labute approximate surface area is 167 Å². The van der Waals surface area contributed by atoms with Crippen molar-refractivity contribution < 1.29 is 23.8 Å². The minimum Gasteiger partial charge on any atom is -0.493 e. The summed E-state index contributed by atoms with van der Waals surface area (Å²) in [5.74, 6) is 1.51.